The second kappa shape index (κ2) is 10.8. The summed E-state index contributed by atoms with van der Waals surface area (Å²) in [5, 5.41) is 37.9. The van der Waals surface area contributed by atoms with Crippen LogP contribution in [0.3, 0.4) is 0 Å². The fraction of sp³-hybridized carbons (Fsp3) is 0.469. The summed E-state index contributed by atoms with van der Waals surface area (Å²) in [6, 6.07) is 13.2. The molecule has 5 rings (SSSR count). The molecule has 10 nitrogen and oxygen atoms in total. The van der Waals surface area contributed by atoms with Crippen LogP contribution in [0.25, 0.3) is 0 Å². The number of Topliss-reactive ketones (excluding diaryl/α,β-unsaturated/α-hetero) is 4. The van der Waals surface area contributed by atoms with E-state index in [0.29, 0.717) is 17.7 Å². The van der Waals surface area contributed by atoms with Gasteiger partial charge >= 0.3 is 0 Å². The number of phenolic OH excluding ortho intramolecular Hbond substituents is 1. The van der Waals surface area contributed by atoms with E-state index in [4.69, 9.17) is 5.73 Å². The van der Waals surface area contributed by atoms with Crippen LogP contribution in [0.15, 0.2) is 42.5 Å². The van der Waals surface area contributed by atoms with Crippen molar-refractivity contribution in [1.29, 1.82) is 0 Å². The summed E-state index contributed by atoms with van der Waals surface area (Å²) in [6.07, 6.45) is -0.862. The van der Waals surface area contributed by atoms with Crippen LogP contribution in [-0.4, -0.2) is 62.6 Å². The van der Waals surface area contributed by atoms with Gasteiger partial charge in [-0.25, -0.2) is 0 Å². The molecule has 2 unspecified atom stereocenters. The number of amides is 1. The number of hydrogen-bond donors (Lipinski definition) is 5. The molecule has 3 aliphatic carbocycles. The summed E-state index contributed by atoms with van der Waals surface area (Å²) in [4.78, 5) is 66.9. The third-order valence-electron chi connectivity index (χ3n) is 9.57. The molecule has 10 heteroatoms. The van der Waals surface area contributed by atoms with Gasteiger partial charge in [-0.1, -0.05) is 63.2 Å². The van der Waals surface area contributed by atoms with Crippen LogP contribution in [0.2, 0.25) is 0 Å². The van der Waals surface area contributed by atoms with E-state index in [1.54, 1.807) is 32.9 Å². The topological polar surface area (TPSA) is 184 Å². The number of aliphatic hydroxyl groups is 2. The van der Waals surface area contributed by atoms with Crippen molar-refractivity contribution in [1.82, 2.24) is 5.32 Å². The number of primary amides is 1. The number of aliphatic hydroxyl groups excluding tert-OH is 1. The Hall–Kier alpha value is -3.73. The lowest BCUT2D eigenvalue weighted by molar-refractivity contribution is -0.198. The smallest absolute Gasteiger partial charge is 0.235 e. The molecule has 2 aromatic carbocycles. The minimum atomic E-state index is -2.97. The molecule has 2 aromatic rings. The normalized spacial score (nSPS) is 32.4. The van der Waals surface area contributed by atoms with E-state index >= 15 is 0 Å². The number of nitrogens with one attached hydrogen (secondary N) is 1. The van der Waals surface area contributed by atoms with E-state index < -0.39 is 82.2 Å². The molecule has 0 aromatic heterocycles. The number of carbonyl (C=O) groups excluding carboxylic acids is 5. The van der Waals surface area contributed by atoms with E-state index in [1.807, 2.05) is 30.3 Å². The number of fused-ring (bicyclic) bond motifs is 3. The summed E-state index contributed by atoms with van der Waals surface area (Å²) in [6.45, 7) is 5.79. The molecule has 0 saturated heterocycles. The minimum absolute atomic E-state index is 0.0973. The number of phenols is 1. The predicted molar refractivity (Wildman–Crippen MR) is 150 cm³/mol. The Morgan fingerprint density at radius 3 is 2.33 bits per heavy atom. The highest BCUT2D eigenvalue weighted by Gasteiger charge is 2.72. The molecular formula is C32H36N2O8. The highest BCUT2D eigenvalue weighted by molar-refractivity contribution is 6.32. The lowest BCUT2D eigenvalue weighted by atomic mass is 9.47. The minimum Gasteiger partial charge on any atom is -0.507 e. The molecule has 222 valence electrons. The van der Waals surface area contributed by atoms with Crippen molar-refractivity contribution in [3.63, 3.8) is 0 Å². The first kappa shape index (κ1) is 29.8. The molecule has 0 bridgehead atoms. The largest absolute Gasteiger partial charge is 0.507 e. The van der Waals surface area contributed by atoms with Gasteiger partial charge < -0.3 is 26.4 Å². The van der Waals surface area contributed by atoms with Gasteiger partial charge in [0.15, 0.2) is 34.7 Å². The van der Waals surface area contributed by atoms with E-state index in [0.717, 1.165) is 12.0 Å². The van der Waals surface area contributed by atoms with Crippen LogP contribution in [-0.2, 0) is 32.1 Å². The first-order chi connectivity index (χ1) is 19.8. The SMILES string of the molecule is CC(C)[C@@H]1C(=O)C(C(N)=O)C(=O)[C@@]2(O)C(=O)C3C(=O)c4c(ccc(CNCCc5ccccc5)c4O)[C@H](C)[C@H]3[C@H](O)[C@@H]12. The Labute approximate surface area is 243 Å². The molecular weight excluding hydrogens is 540 g/mol. The zero-order chi connectivity index (χ0) is 30.7. The van der Waals surface area contributed by atoms with Crippen molar-refractivity contribution in [3.8, 4) is 5.75 Å². The Bertz CT molecular complexity index is 1470. The van der Waals surface area contributed by atoms with E-state index in [2.05, 4.69) is 5.32 Å². The van der Waals surface area contributed by atoms with Crippen molar-refractivity contribution in [3.05, 3.63) is 64.7 Å². The van der Waals surface area contributed by atoms with Crippen LogP contribution in [0, 0.1) is 35.5 Å². The highest BCUT2D eigenvalue weighted by Crippen LogP contribution is 2.56. The van der Waals surface area contributed by atoms with Gasteiger partial charge in [-0.15, -0.1) is 0 Å². The summed E-state index contributed by atoms with van der Waals surface area (Å²) in [7, 11) is 0. The Balaban J connectivity index is 1.51. The van der Waals surface area contributed by atoms with E-state index in [9.17, 15) is 39.3 Å². The Kier molecular flexibility index (Phi) is 7.67. The number of benzene rings is 2. The molecule has 0 radical (unpaired) electrons. The van der Waals surface area contributed by atoms with Crippen LogP contribution in [0.4, 0.5) is 0 Å². The van der Waals surface area contributed by atoms with Gasteiger partial charge in [-0.2, -0.15) is 0 Å². The van der Waals surface area contributed by atoms with E-state index in [1.165, 1.54) is 0 Å². The van der Waals surface area contributed by atoms with Gasteiger partial charge in [0, 0.05) is 29.9 Å². The first-order valence-electron chi connectivity index (χ1n) is 14.3. The van der Waals surface area contributed by atoms with Crippen molar-refractivity contribution in [2.24, 2.45) is 41.2 Å². The van der Waals surface area contributed by atoms with Crippen LogP contribution in [0.1, 0.15) is 53.7 Å². The molecule has 1 amide bonds. The van der Waals surface area contributed by atoms with Gasteiger partial charge in [-0.05, 0) is 35.9 Å². The number of rotatable bonds is 7. The summed E-state index contributed by atoms with van der Waals surface area (Å²) in [5.41, 5.74) is 4.28. The number of nitrogens with two attached hydrogens (primary N) is 1. The van der Waals surface area contributed by atoms with Crippen LogP contribution >= 0.6 is 0 Å². The standard InChI is InChI=1S/C32H36N2O8/c1-14(2)19-24-28(38)20-15(3)18-10-9-17(13-34-12-11-16-7-5-4-6-8-16)25(35)21(18)27(37)22(20)29(39)32(24,42)30(40)23(26(19)36)31(33)41/h4-10,14-15,19-20,22-24,28,34-35,38,42H,11-13H2,1-3H3,(H2,33,41)/t15-,19-,20+,22?,23?,24+,28-,32-/m0/s1. The quantitative estimate of drug-likeness (QED) is 0.238. The molecule has 2 fully saturated rings. The Morgan fingerprint density at radius 1 is 1.05 bits per heavy atom. The third kappa shape index (κ3) is 4.31. The molecule has 6 N–H and O–H groups in total. The average Bonchev–Trinajstić information content (AvgIpc) is 2.94. The van der Waals surface area contributed by atoms with Gasteiger partial charge in [0.1, 0.15) is 5.75 Å². The molecule has 0 spiro atoms. The predicted octanol–water partition coefficient (Wildman–Crippen LogP) is 1.07. The maximum atomic E-state index is 14.1. The molecule has 0 aliphatic heterocycles. The second-order valence-corrected chi connectivity index (χ2v) is 12.2. The molecule has 2 saturated carbocycles. The summed E-state index contributed by atoms with van der Waals surface area (Å²) >= 11 is 0. The maximum Gasteiger partial charge on any atom is 0.235 e. The first-order valence-corrected chi connectivity index (χ1v) is 14.3. The molecule has 8 atom stereocenters. The third-order valence-corrected chi connectivity index (χ3v) is 9.57. The van der Waals surface area contributed by atoms with E-state index in [-0.39, 0.29) is 17.9 Å². The molecule has 3 aliphatic rings. The highest BCUT2D eigenvalue weighted by atomic mass is 16.3. The Morgan fingerprint density at radius 2 is 1.71 bits per heavy atom. The molecule has 42 heavy (non-hydrogen) atoms. The second-order valence-electron chi connectivity index (χ2n) is 12.2. The lowest BCUT2D eigenvalue weighted by Gasteiger charge is -2.55. The lowest BCUT2D eigenvalue weighted by Crippen LogP contribution is -2.75. The van der Waals surface area contributed by atoms with Crippen LogP contribution < -0.4 is 11.1 Å². The monoisotopic (exact) mass is 576 g/mol. The van der Waals surface area contributed by atoms with Crippen molar-refractivity contribution >= 4 is 29.0 Å². The van der Waals surface area contributed by atoms with Gasteiger partial charge in [0.05, 0.1) is 17.6 Å². The maximum absolute atomic E-state index is 14.1. The summed E-state index contributed by atoms with van der Waals surface area (Å²) in [5.74, 6) is -14.7. The van der Waals surface area contributed by atoms with Gasteiger partial charge in [0.25, 0.3) is 0 Å². The van der Waals surface area contributed by atoms with Gasteiger partial charge in [-0.3, -0.25) is 24.0 Å². The number of hydrogen-bond acceptors (Lipinski definition) is 9. The number of aromatic hydroxyl groups is 1. The zero-order valence-electron chi connectivity index (χ0n) is 23.7. The van der Waals surface area contributed by atoms with Crippen molar-refractivity contribution < 1.29 is 39.3 Å². The number of carbonyl (C=O) groups is 5. The van der Waals surface area contributed by atoms with Crippen molar-refractivity contribution in [2.45, 2.75) is 51.4 Å². The fourth-order valence-electron chi connectivity index (χ4n) is 7.52. The summed E-state index contributed by atoms with van der Waals surface area (Å²) < 4.78 is 0. The number of ketones is 4. The molecule has 0 heterocycles. The van der Waals surface area contributed by atoms with Gasteiger partial charge in [0.2, 0.25) is 5.91 Å². The average molecular weight is 577 g/mol. The van der Waals surface area contributed by atoms with Crippen molar-refractivity contribution in [2.75, 3.05) is 6.54 Å². The van der Waals surface area contributed by atoms with Crippen LogP contribution in [0.5, 0.6) is 5.75 Å². The zero-order valence-corrected chi connectivity index (χ0v) is 23.7. The fourth-order valence-corrected chi connectivity index (χ4v) is 7.52.